The van der Waals surface area contributed by atoms with E-state index in [2.05, 4.69) is 26.1 Å². The summed E-state index contributed by atoms with van der Waals surface area (Å²) in [4.78, 5) is 34.8. The minimum Gasteiger partial charge on any atom is -0.481 e. The number of carbonyl (C=O) groups is 3. The fourth-order valence-corrected chi connectivity index (χ4v) is 4.43. The van der Waals surface area contributed by atoms with Crippen molar-refractivity contribution in [1.82, 2.24) is 5.32 Å². The molecule has 0 aromatic heterocycles. The van der Waals surface area contributed by atoms with Crippen LogP contribution in [0, 0.1) is 16.7 Å². The minimum absolute atomic E-state index is 0.00668. The highest BCUT2D eigenvalue weighted by Gasteiger charge is 2.61. The lowest BCUT2D eigenvalue weighted by Gasteiger charge is -2.42. The van der Waals surface area contributed by atoms with Gasteiger partial charge in [-0.05, 0) is 32.1 Å². The Balaban J connectivity index is 1.95. The molecule has 0 spiro atoms. The molecule has 2 aliphatic carbocycles. The van der Waals surface area contributed by atoms with E-state index in [4.69, 9.17) is 15.6 Å². The largest absolute Gasteiger partial charge is 0.481 e. The summed E-state index contributed by atoms with van der Waals surface area (Å²) in [6, 6.07) is -2.05. The van der Waals surface area contributed by atoms with Gasteiger partial charge in [0.2, 0.25) is 5.91 Å². The summed E-state index contributed by atoms with van der Waals surface area (Å²) in [5, 5.41) is 11.1. The first kappa shape index (κ1) is 18.7. The van der Waals surface area contributed by atoms with Gasteiger partial charge in [-0.3, -0.25) is 9.59 Å². The average Bonchev–Trinajstić information content (AvgIpc) is 2.93. The van der Waals surface area contributed by atoms with Gasteiger partial charge in [0.25, 0.3) is 0 Å². The fraction of sp³-hybridized carbons (Fsp3) is 0.824. The van der Waals surface area contributed by atoms with E-state index >= 15 is 0 Å². The average molecular weight is 340 g/mol. The molecule has 2 fully saturated rings. The number of aliphatic carboxylic acids is 1. The van der Waals surface area contributed by atoms with Crippen LogP contribution in [0.25, 0.3) is 0 Å². The lowest BCUT2D eigenvalue weighted by molar-refractivity contribution is -0.167. The van der Waals surface area contributed by atoms with Crippen LogP contribution >= 0.6 is 0 Å². The van der Waals surface area contributed by atoms with E-state index in [9.17, 15) is 14.4 Å². The summed E-state index contributed by atoms with van der Waals surface area (Å²) in [5.41, 5.74) is 5.41. The Kier molecular flexibility index (Phi) is 4.95. The molecule has 3 unspecified atom stereocenters. The van der Waals surface area contributed by atoms with Crippen molar-refractivity contribution >= 4 is 17.8 Å². The van der Waals surface area contributed by atoms with E-state index in [0.717, 1.165) is 19.3 Å². The van der Waals surface area contributed by atoms with Crippen LogP contribution in [-0.2, 0) is 19.1 Å². The lowest BCUT2D eigenvalue weighted by Crippen LogP contribution is -2.51. The van der Waals surface area contributed by atoms with Crippen molar-refractivity contribution in [3.63, 3.8) is 0 Å². The van der Waals surface area contributed by atoms with Gasteiger partial charge in [0.15, 0.2) is 0 Å². The highest BCUT2D eigenvalue weighted by Crippen LogP contribution is 2.63. The molecule has 24 heavy (non-hydrogen) atoms. The van der Waals surface area contributed by atoms with Crippen molar-refractivity contribution < 1.29 is 24.2 Å². The monoisotopic (exact) mass is 340 g/mol. The highest BCUT2D eigenvalue weighted by atomic mass is 16.5. The molecule has 0 heterocycles. The third-order valence-corrected chi connectivity index (χ3v) is 5.82. The van der Waals surface area contributed by atoms with Crippen LogP contribution in [0.2, 0.25) is 0 Å². The number of rotatable bonds is 6. The highest BCUT2D eigenvalue weighted by molar-refractivity contribution is 5.89. The van der Waals surface area contributed by atoms with E-state index in [0.29, 0.717) is 5.92 Å². The molecular weight excluding hydrogens is 312 g/mol. The predicted octanol–water partition coefficient (Wildman–Crippen LogP) is 1.05. The van der Waals surface area contributed by atoms with E-state index in [-0.39, 0.29) is 16.9 Å². The summed E-state index contributed by atoms with van der Waals surface area (Å²) in [5.74, 6) is -1.78. The van der Waals surface area contributed by atoms with Crippen LogP contribution in [0.5, 0.6) is 0 Å². The number of carbonyl (C=O) groups excluding carboxylic acids is 2. The zero-order valence-electron chi connectivity index (χ0n) is 14.8. The van der Waals surface area contributed by atoms with Crippen LogP contribution in [0.3, 0.4) is 0 Å². The van der Waals surface area contributed by atoms with Crippen molar-refractivity contribution in [2.24, 2.45) is 22.5 Å². The molecule has 2 aliphatic rings. The van der Waals surface area contributed by atoms with Crippen molar-refractivity contribution in [3.05, 3.63) is 0 Å². The van der Waals surface area contributed by atoms with Crippen LogP contribution < -0.4 is 11.1 Å². The molecule has 1 amide bonds. The van der Waals surface area contributed by atoms with Crippen LogP contribution in [0.1, 0.15) is 53.4 Å². The third kappa shape index (κ3) is 3.41. The number of carboxylic acids is 1. The van der Waals surface area contributed by atoms with E-state index in [1.165, 1.54) is 6.92 Å². The van der Waals surface area contributed by atoms with Gasteiger partial charge in [-0.25, -0.2) is 4.79 Å². The van der Waals surface area contributed by atoms with Gasteiger partial charge in [-0.1, -0.05) is 20.8 Å². The maximum atomic E-state index is 12.4. The Bertz CT molecular complexity index is 542. The number of hydrogen-bond donors (Lipinski definition) is 3. The molecule has 0 aromatic rings. The SMILES string of the molecule is C[C@@H](NC(=O)[C@@H](N)CC(=O)O)C(=O)OC1C2(C)CCC(C2)C1(C)C. The van der Waals surface area contributed by atoms with Gasteiger partial charge < -0.3 is 20.9 Å². The first-order chi connectivity index (χ1) is 11.0. The molecule has 7 heteroatoms. The first-order valence-corrected chi connectivity index (χ1v) is 8.45. The number of hydrogen-bond acceptors (Lipinski definition) is 5. The molecule has 2 bridgehead atoms. The van der Waals surface area contributed by atoms with E-state index < -0.39 is 36.4 Å². The summed E-state index contributed by atoms with van der Waals surface area (Å²) in [6.07, 6.45) is 2.60. The maximum absolute atomic E-state index is 12.4. The molecule has 0 aliphatic heterocycles. The Hall–Kier alpha value is -1.63. The summed E-state index contributed by atoms with van der Waals surface area (Å²) in [7, 11) is 0. The molecule has 7 nitrogen and oxygen atoms in total. The van der Waals surface area contributed by atoms with Gasteiger partial charge in [0, 0.05) is 10.8 Å². The van der Waals surface area contributed by atoms with Crippen LogP contribution in [0.15, 0.2) is 0 Å². The Morgan fingerprint density at radius 1 is 1.33 bits per heavy atom. The third-order valence-electron chi connectivity index (χ3n) is 5.82. The van der Waals surface area contributed by atoms with Crippen molar-refractivity contribution in [2.45, 2.75) is 71.6 Å². The summed E-state index contributed by atoms with van der Waals surface area (Å²) in [6.45, 7) is 7.94. The Morgan fingerprint density at radius 3 is 2.46 bits per heavy atom. The topological polar surface area (TPSA) is 119 Å². The van der Waals surface area contributed by atoms with E-state index in [1.807, 2.05) is 0 Å². The molecule has 2 saturated carbocycles. The standard InChI is InChI=1S/C17H28N2O5/c1-9(19-13(22)11(18)7-12(20)21)14(23)24-15-16(2,3)10-5-6-17(15,4)8-10/h9-11,15H,5-8,18H2,1-4H3,(H,19,22)(H,20,21)/t9-,10?,11+,15?,17?/m1/s1. The number of nitrogens with two attached hydrogens (primary N) is 1. The second kappa shape index (κ2) is 6.35. The van der Waals surface area contributed by atoms with Crippen LogP contribution in [-0.4, -0.2) is 41.1 Å². The second-order valence-corrected chi connectivity index (χ2v) is 8.17. The maximum Gasteiger partial charge on any atom is 0.328 e. The smallest absolute Gasteiger partial charge is 0.328 e. The Labute approximate surface area is 142 Å². The zero-order valence-corrected chi connectivity index (χ0v) is 14.8. The van der Waals surface area contributed by atoms with Crippen LogP contribution in [0.4, 0.5) is 0 Å². The molecule has 2 rings (SSSR count). The molecule has 5 atom stereocenters. The number of carboxylic acid groups (broad SMARTS) is 1. The number of esters is 1. The zero-order chi connectivity index (χ0) is 18.3. The molecule has 4 N–H and O–H groups in total. The van der Waals surface area contributed by atoms with Gasteiger partial charge in [-0.15, -0.1) is 0 Å². The summed E-state index contributed by atoms with van der Waals surface area (Å²) >= 11 is 0. The second-order valence-electron chi connectivity index (χ2n) is 8.17. The minimum atomic E-state index is -1.19. The first-order valence-electron chi connectivity index (χ1n) is 8.45. The number of fused-ring (bicyclic) bond motifs is 2. The van der Waals surface area contributed by atoms with Gasteiger partial charge >= 0.3 is 11.9 Å². The lowest BCUT2D eigenvalue weighted by atomic mass is 9.70. The van der Waals surface area contributed by atoms with Crippen molar-refractivity contribution in [2.75, 3.05) is 0 Å². The summed E-state index contributed by atoms with van der Waals surface area (Å²) < 4.78 is 5.78. The Morgan fingerprint density at radius 2 is 1.96 bits per heavy atom. The molecule has 0 saturated heterocycles. The number of ether oxygens (including phenoxy) is 1. The van der Waals surface area contributed by atoms with Crippen molar-refractivity contribution in [1.29, 1.82) is 0 Å². The molecule has 0 aromatic carbocycles. The molecular formula is C17H28N2O5. The van der Waals surface area contributed by atoms with Gasteiger partial charge in [0.1, 0.15) is 12.1 Å². The molecule has 136 valence electrons. The number of amides is 1. The normalized spacial score (nSPS) is 32.9. The van der Waals surface area contributed by atoms with Crippen molar-refractivity contribution in [3.8, 4) is 0 Å². The predicted molar refractivity (Wildman–Crippen MR) is 86.9 cm³/mol. The molecule has 0 radical (unpaired) electrons. The van der Waals surface area contributed by atoms with Gasteiger partial charge in [-0.2, -0.15) is 0 Å². The fourth-order valence-electron chi connectivity index (χ4n) is 4.43. The van der Waals surface area contributed by atoms with Gasteiger partial charge in [0.05, 0.1) is 12.5 Å². The number of nitrogens with one attached hydrogen (secondary N) is 1. The van der Waals surface area contributed by atoms with E-state index in [1.54, 1.807) is 0 Å². The quantitative estimate of drug-likeness (QED) is 0.622.